The molecule has 0 aromatic heterocycles. The minimum atomic E-state index is -3.56. The zero-order valence-electron chi connectivity index (χ0n) is 13.0. The van der Waals surface area contributed by atoms with E-state index in [0.29, 0.717) is 5.69 Å². The molecule has 0 unspecified atom stereocenters. The topological polar surface area (TPSA) is 75.4 Å². The van der Waals surface area contributed by atoms with E-state index in [1.165, 1.54) is 0 Å². The summed E-state index contributed by atoms with van der Waals surface area (Å²) in [6.07, 6.45) is 1.69. The summed E-state index contributed by atoms with van der Waals surface area (Å²) in [6.45, 7) is 8.72. The van der Waals surface area contributed by atoms with E-state index in [1.54, 1.807) is 13.0 Å². The standard InChI is InChI=1S/C15H25N3O2S/c1-4-18-9-7-13(8-10-18)17-21(19,20)15-12(3)11(2)5-6-14(15)16/h5-6,13,17H,4,7-10,16H2,1-3H3. The zero-order valence-corrected chi connectivity index (χ0v) is 13.8. The number of nitrogen functional groups attached to an aromatic ring is 1. The monoisotopic (exact) mass is 311 g/mol. The van der Waals surface area contributed by atoms with E-state index < -0.39 is 10.0 Å². The largest absolute Gasteiger partial charge is 0.398 e. The van der Waals surface area contributed by atoms with Gasteiger partial charge < -0.3 is 10.6 Å². The maximum absolute atomic E-state index is 12.6. The van der Waals surface area contributed by atoms with Crippen LogP contribution in [0.2, 0.25) is 0 Å². The SMILES string of the molecule is CCN1CCC(NS(=O)(=O)c2c(N)ccc(C)c2C)CC1. The third kappa shape index (κ3) is 3.56. The molecule has 1 heterocycles. The van der Waals surface area contributed by atoms with E-state index in [4.69, 9.17) is 5.73 Å². The summed E-state index contributed by atoms with van der Waals surface area (Å²) in [7, 11) is -3.56. The van der Waals surface area contributed by atoms with Gasteiger partial charge >= 0.3 is 0 Å². The first-order valence-corrected chi connectivity index (χ1v) is 8.94. The number of piperidine rings is 1. The van der Waals surface area contributed by atoms with Crippen molar-refractivity contribution in [1.29, 1.82) is 0 Å². The molecule has 0 atom stereocenters. The molecule has 1 fully saturated rings. The van der Waals surface area contributed by atoms with Crippen LogP contribution in [-0.2, 0) is 10.0 Å². The van der Waals surface area contributed by atoms with Gasteiger partial charge in [-0.25, -0.2) is 13.1 Å². The Morgan fingerprint density at radius 3 is 2.48 bits per heavy atom. The number of likely N-dealkylation sites (tertiary alicyclic amines) is 1. The van der Waals surface area contributed by atoms with Gasteiger partial charge in [0.15, 0.2) is 0 Å². The van der Waals surface area contributed by atoms with E-state index in [2.05, 4.69) is 16.5 Å². The fourth-order valence-corrected chi connectivity index (χ4v) is 4.55. The van der Waals surface area contributed by atoms with E-state index in [0.717, 1.165) is 43.6 Å². The van der Waals surface area contributed by atoms with Crippen molar-refractivity contribution in [1.82, 2.24) is 9.62 Å². The van der Waals surface area contributed by atoms with Crippen LogP contribution in [0.5, 0.6) is 0 Å². The number of nitrogens with one attached hydrogen (secondary N) is 1. The number of rotatable bonds is 4. The predicted molar refractivity (Wildman–Crippen MR) is 85.8 cm³/mol. The highest BCUT2D eigenvalue weighted by molar-refractivity contribution is 7.89. The second-order valence-electron chi connectivity index (χ2n) is 5.76. The molecule has 0 saturated carbocycles. The average Bonchev–Trinajstić information content (AvgIpc) is 2.43. The average molecular weight is 311 g/mol. The van der Waals surface area contributed by atoms with Crippen molar-refractivity contribution in [2.45, 2.75) is 44.6 Å². The highest BCUT2D eigenvalue weighted by Gasteiger charge is 2.27. The molecular weight excluding hydrogens is 286 g/mol. The Bertz CT molecular complexity index is 606. The lowest BCUT2D eigenvalue weighted by atomic mass is 10.1. The van der Waals surface area contributed by atoms with Crippen LogP contribution in [-0.4, -0.2) is 39.0 Å². The van der Waals surface area contributed by atoms with Gasteiger partial charge in [0, 0.05) is 6.04 Å². The first-order valence-electron chi connectivity index (χ1n) is 7.45. The molecule has 5 nitrogen and oxygen atoms in total. The second-order valence-corrected chi connectivity index (χ2v) is 7.41. The maximum Gasteiger partial charge on any atom is 0.243 e. The highest BCUT2D eigenvalue weighted by atomic mass is 32.2. The molecule has 1 saturated heterocycles. The fraction of sp³-hybridized carbons (Fsp3) is 0.600. The molecule has 118 valence electrons. The molecule has 21 heavy (non-hydrogen) atoms. The summed E-state index contributed by atoms with van der Waals surface area (Å²) >= 11 is 0. The lowest BCUT2D eigenvalue weighted by Gasteiger charge is -2.31. The van der Waals surface area contributed by atoms with Gasteiger partial charge in [0.2, 0.25) is 10.0 Å². The van der Waals surface area contributed by atoms with E-state index in [1.807, 2.05) is 13.0 Å². The molecule has 0 radical (unpaired) electrons. The number of hydrogen-bond donors (Lipinski definition) is 2. The molecule has 2 rings (SSSR count). The maximum atomic E-state index is 12.6. The van der Waals surface area contributed by atoms with E-state index in [-0.39, 0.29) is 10.9 Å². The van der Waals surface area contributed by atoms with Crippen LogP contribution in [0.15, 0.2) is 17.0 Å². The van der Waals surface area contributed by atoms with Crippen LogP contribution in [0.3, 0.4) is 0 Å². The smallest absolute Gasteiger partial charge is 0.243 e. The van der Waals surface area contributed by atoms with E-state index >= 15 is 0 Å². The normalized spacial score (nSPS) is 18.0. The molecule has 1 aliphatic heterocycles. The van der Waals surface area contributed by atoms with Crippen molar-refractivity contribution >= 4 is 15.7 Å². The first-order chi connectivity index (χ1) is 9.85. The molecule has 1 aliphatic rings. The molecular formula is C15H25N3O2S. The highest BCUT2D eigenvalue weighted by Crippen LogP contribution is 2.26. The van der Waals surface area contributed by atoms with Gasteiger partial charge in [-0.3, -0.25) is 0 Å². The van der Waals surface area contributed by atoms with Crippen LogP contribution in [0.1, 0.15) is 30.9 Å². The Labute approximate surface area is 127 Å². The number of hydrogen-bond acceptors (Lipinski definition) is 4. The van der Waals surface area contributed by atoms with E-state index in [9.17, 15) is 8.42 Å². The van der Waals surface area contributed by atoms with Gasteiger partial charge in [-0.15, -0.1) is 0 Å². The van der Waals surface area contributed by atoms with Gasteiger partial charge in [0.1, 0.15) is 4.90 Å². The Morgan fingerprint density at radius 2 is 1.90 bits per heavy atom. The predicted octanol–water partition coefficient (Wildman–Crippen LogP) is 1.65. The van der Waals surface area contributed by atoms with Gasteiger partial charge in [-0.2, -0.15) is 0 Å². The molecule has 0 spiro atoms. The quantitative estimate of drug-likeness (QED) is 0.829. The molecule has 0 amide bonds. The van der Waals surface area contributed by atoms with Crippen molar-refractivity contribution in [3.8, 4) is 0 Å². The fourth-order valence-electron chi connectivity index (χ4n) is 2.81. The van der Waals surface area contributed by atoms with Gasteiger partial charge in [0.05, 0.1) is 5.69 Å². The molecule has 3 N–H and O–H groups in total. The summed E-state index contributed by atoms with van der Waals surface area (Å²) in [5, 5.41) is 0. The van der Waals surface area contributed by atoms with Crippen molar-refractivity contribution in [3.05, 3.63) is 23.3 Å². The van der Waals surface area contributed by atoms with Crippen LogP contribution in [0.4, 0.5) is 5.69 Å². The van der Waals surface area contributed by atoms with Crippen LogP contribution >= 0.6 is 0 Å². The molecule has 1 aromatic rings. The van der Waals surface area contributed by atoms with Crippen molar-refractivity contribution in [3.63, 3.8) is 0 Å². The van der Waals surface area contributed by atoms with Crippen molar-refractivity contribution in [2.24, 2.45) is 0 Å². The molecule has 6 heteroatoms. The summed E-state index contributed by atoms with van der Waals surface area (Å²) in [5.74, 6) is 0. The van der Waals surface area contributed by atoms with Crippen molar-refractivity contribution < 1.29 is 8.42 Å². The Morgan fingerprint density at radius 1 is 1.29 bits per heavy atom. The third-order valence-corrected chi connectivity index (χ3v) is 6.06. The molecule has 0 aliphatic carbocycles. The van der Waals surface area contributed by atoms with Gasteiger partial charge in [-0.1, -0.05) is 13.0 Å². The minimum absolute atomic E-state index is 0.00267. The van der Waals surface area contributed by atoms with Crippen LogP contribution in [0.25, 0.3) is 0 Å². The first kappa shape index (κ1) is 16.3. The number of nitrogens with zero attached hydrogens (tertiary/aromatic N) is 1. The van der Waals surface area contributed by atoms with Crippen molar-refractivity contribution in [2.75, 3.05) is 25.4 Å². The second kappa shape index (κ2) is 6.34. The molecule has 1 aromatic carbocycles. The number of benzene rings is 1. The van der Waals surface area contributed by atoms with Crippen LogP contribution < -0.4 is 10.5 Å². The van der Waals surface area contributed by atoms with Gasteiger partial charge in [0.25, 0.3) is 0 Å². The summed E-state index contributed by atoms with van der Waals surface area (Å²) in [5.41, 5.74) is 7.88. The molecule has 0 bridgehead atoms. The Balaban J connectivity index is 2.18. The zero-order chi connectivity index (χ0) is 15.6. The van der Waals surface area contributed by atoms with Crippen LogP contribution in [0, 0.1) is 13.8 Å². The number of aryl methyl sites for hydroxylation is 1. The lowest BCUT2D eigenvalue weighted by Crippen LogP contribution is -2.44. The number of nitrogens with two attached hydrogens (primary N) is 1. The number of sulfonamides is 1. The summed E-state index contributed by atoms with van der Waals surface area (Å²) in [6, 6.07) is 3.51. The summed E-state index contributed by atoms with van der Waals surface area (Å²) < 4.78 is 28.1. The minimum Gasteiger partial charge on any atom is -0.398 e. The summed E-state index contributed by atoms with van der Waals surface area (Å²) in [4.78, 5) is 2.57. The Kier molecular flexibility index (Phi) is 4.91. The third-order valence-electron chi connectivity index (χ3n) is 4.33. The Hall–Kier alpha value is -1.11. The number of anilines is 1. The lowest BCUT2D eigenvalue weighted by molar-refractivity contribution is 0.217. The van der Waals surface area contributed by atoms with Gasteiger partial charge in [-0.05, 0) is 63.5 Å².